The van der Waals surface area contributed by atoms with Gasteiger partial charge in [0.05, 0.1) is 21.7 Å². The van der Waals surface area contributed by atoms with Crippen LogP contribution in [0.5, 0.6) is 0 Å². The molecule has 0 aliphatic rings. The molecule has 0 spiro atoms. The van der Waals surface area contributed by atoms with Gasteiger partial charge in [-0.15, -0.1) is 0 Å². The number of hydrogen-bond donors (Lipinski definition) is 1. The number of para-hydroxylation sites is 1. The molecule has 0 saturated carbocycles. The van der Waals surface area contributed by atoms with Crippen molar-refractivity contribution >= 4 is 17.9 Å². The predicted octanol–water partition coefficient (Wildman–Crippen LogP) is 3.19. The summed E-state index contributed by atoms with van der Waals surface area (Å²) < 4.78 is 0.271. The van der Waals surface area contributed by atoms with Crippen LogP contribution >= 0.6 is 12.2 Å². The standard InChI is InChI=1S/C12H7N3O2S/c13-7-8-5-6-10(14-12(8)18)9-3-1-2-4-11(9)15(16)17/h1-6H,(H,14,18). The highest BCUT2D eigenvalue weighted by Crippen LogP contribution is 2.27. The Morgan fingerprint density at radius 1 is 1.28 bits per heavy atom. The van der Waals surface area contributed by atoms with Crippen molar-refractivity contribution < 1.29 is 4.92 Å². The van der Waals surface area contributed by atoms with Gasteiger partial charge in [0.15, 0.2) is 0 Å². The van der Waals surface area contributed by atoms with Crippen LogP contribution in [0.15, 0.2) is 36.4 Å². The SMILES string of the molecule is N#Cc1ccc(-c2ccccc2[N+](=O)[O-])[nH]c1=S. The molecule has 0 aliphatic carbocycles. The zero-order valence-corrected chi connectivity index (χ0v) is 9.90. The van der Waals surface area contributed by atoms with Crippen LogP contribution in [0.3, 0.4) is 0 Å². The minimum absolute atomic E-state index is 0.00661. The summed E-state index contributed by atoms with van der Waals surface area (Å²) in [5, 5.41) is 19.7. The van der Waals surface area contributed by atoms with Crippen molar-refractivity contribution in [3.63, 3.8) is 0 Å². The molecule has 0 radical (unpaired) electrons. The van der Waals surface area contributed by atoms with Gasteiger partial charge in [-0.05, 0) is 18.2 Å². The van der Waals surface area contributed by atoms with Gasteiger partial charge in [0, 0.05) is 6.07 Å². The summed E-state index contributed by atoms with van der Waals surface area (Å²) in [4.78, 5) is 13.3. The highest BCUT2D eigenvalue weighted by atomic mass is 32.1. The first-order chi connectivity index (χ1) is 8.63. The lowest BCUT2D eigenvalue weighted by Crippen LogP contribution is -1.94. The van der Waals surface area contributed by atoms with Gasteiger partial charge in [-0.25, -0.2) is 0 Å². The number of nitrogens with one attached hydrogen (secondary N) is 1. The van der Waals surface area contributed by atoms with Crippen LogP contribution < -0.4 is 0 Å². The van der Waals surface area contributed by atoms with E-state index in [1.54, 1.807) is 30.3 Å². The highest BCUT2D eigenvalue weighted by Gasteiger charge is 2.14. The number of nitro benzene ring substituents is 1. The van der Waals surface area contributed by atoms with E-state index < -0.39 is 4.92 Å². The molecule has 88 valence electrons. The summed E-state index contributed by atoms with van der Waals surface area (Å²) in [5.74, 6) is 0. The fourth-order valence-electron chi connectivity index (χ4n) is 1.58. The molecule has 0 fully saturated rings. The van der Waals surface area contributed by atoms with E-state index in [0.29, 0.717) is 16.8 Å². The molecule has 1 heterocycles. The number of nitrogens with zero attached hydrogens (tertiary/aromatic N) is 2. The van der Waals surface area contributed by atoms with E-state index in [1.807, 2.05) is 6.07 Å². The van der Waals surface area contributed by atoms with E-state index in [4.69, 9.17) is 17.5 Å². The van der Waals surface area contributed by atoms with Crippen LogP contribution in [-0.2, 0) is 0 Å². The van der Waals surface area contributed by atoms with Crippen molar-refractivity contribution in [2.24, 2.45) is 0 Å². The number of H-pyrrole nitrogens is 1. The van der Waals surface area contributed by atoms with Crippen molar-refractivity contribution in [3.8, 4) is 17.3 Å². The molecule has 5 nitrogen and oxygen atoms in total. The number of rotatable bonds is 2. The number of aromatic nitrogens is 1. The molecule has 6 heteroatoms. The van der Waals surface area contributed by atoms with E-state index >= 15 is 0 Å². The van der Waals surface area contributed by atoms with E-state index in [-0.39, 0.29) is 10.3 Å². The molecule has 1 aromatic heterocycles. The largest absolute Gasteiger partial charge is 0.345 e. The number of nitro groups is 1. The molecule has 0 bridgehead atoms. The second kappa shape index (κ2) is 4.77. The Balaban J connectivity index is 2.64. The van der Waals surface area contributed by atoms with Crippen LogP contribution in [0.1, 0.15) is 5.56 Å². The van der Waals surface area contributed by atoms with E-state index in [1.165, 1.54) is 6.07 Å². The average Bonchev–Trinajstić information content (AvgIpc) is 2.38. The first-order valence-corrected chi connectivity index (χ1v) is 5.41. The van der Waals surface area contributed by atoms with Crippen LogP contribution in [0.25, 0.3) is 11.3 Å². The third-order valence-electron chi connectivity index (χ3n) is 2.42. The first-order valence-electron chi connectivity index (χ1n) is 5.00. The maximum Gasteiger partial charge on any atom is 0.278 e. The van der Waals surface area contributed by atoms with E-state index in [2.05, 4.69) is 4.98 Å². The Morgan fingerprint density at radius 3 is 2.61 bits per heavy atom. The Labute approximate surface area is 107 Å². The molecule has 0 aliphatic heterocycles. The fraction of sp³-hybridized carbons (Fsp3) is 0. The topological polar surface area (TPSA) is 82.7 Å². The monoisotopic (exact) mass is 257 g/mol. The maximum absolute atomic E-state index is 10.9. The summed E-state index contributed by atoms with van der Waals surface area (Å²) in [6.07, 6.45) is 0. The fourth-order valence-corrected chi connectivity index (χ4v) is 1.80. The van der Waals surface area contributed by atoms with Crippen molar-refractivity contribution in [1.82, 2.24) is 4.98 Å². The minimum atomic E-state index is -0.454. The lowest BCUT2D eigenvalue weighted by molar-refractivity contribution is -0.384. The molecular formula is C12H7N3O2S. The molecule has 0 amide bonds. The normalized spacial score (nSPS) is 9.72. The molecule has 0 atom stereocenters. The molecular weight excluding hydrogens is 250 g/mol. The predicted molar refractivity (Wildman–Crippen MR) is 68.4 cm³/mol. The summed E-state index contributed by atoms with van der Waals surface area (Å²) in [6, 6.07) is 11.5. The lowest BCUT2D eigenvalue weighted by atomic mass is 10.1. The number of nitriles is 1. The van der Waals surface area contributed by atoms with Crippen LogP contribution in [0.2, 0.25) is 0 Å². The Hall–Kier alpha value is -2.52. The van der Waals surface area contributed by atoms with Gasteiger partial charge in [0.2, 0.25) is 0 Å². The van der Waals surface area contributed by atoms with Gasteiger partial charge in [0.1, 0.15) is 10.7 Å². The molecule has 0 saturated heterocycles. The zero-order chi connectivity index (χ0) is 13.1. The van der Waals surface area contributed by atoms with Crippen LogP contribution in [-0.4, -0.2) is 9.91 Å². The van der Waals surface area contributed by atoms with Crippen LogP contribution in [0, 0.1) is 26.1 Å². The third kappa shape index (κ3) is 2.12. The summed E-state index contributed by atoms with van der Waals surface area (Å²) >= 11 is 5.00. The first kappa shape index (κ1) is 12.0. The number of pyridine rings is 1. The number of hydrogen-bond acceptors (Lipinski definition) is 4. The third-order valence-corrected chi connectivity index (χ3v) is 2.74. The van der Waals surface area contributed by atoms with Crippen molar-refractivity contribution in [3.05, 3.63) is 56.7 Å². The van der Waals surface area contributed by atoms with Gasteiger partial charge in [-0.2, -0.15) is 5.26 Å². The molecule has 2 rings (SSSR count). The number of aromatic amines is 1. The minimum Gasteiger partial charge on any atom is -0.345 e. The summed E-state index contributed by atoms with van der Waals surface area (Å²) in [5.41, 5.74) is 1.30. The van der Waals surface area contributed by atoms with Gasteiger partial charge in [-0.3, -0.25) is 10.1 Å². The van der Waals surface area contributed by atoms with Gasteiger partial charge in [-0.1, -0.05) is 24.4 Å². The van der Waals surface area contributed by atoms with Crippen molar-refractivity contribution in [2.45, 2.75) is 0 Å². The molecule has 18 heavy (non-hydrogen) atoms. The summed E-state index contributed by atoms with van der Waals surface area (Å²) in [6.45, 7) is 0. The summed E-state index contributed by atoms with van der Waals surface area (Å²) in [7, 11) is 0. The Morgan fingerprint density at radius 2 is 2.00 bits per heavy atom. The molecule has 0 unspecified atom stereocenters. The molecule has 1 aromatic carbocycles. The molecule has 1 N–H and O–H groups in total. The quantitative estimate of drug-likeness (QED) is 0.508. The Bertz CT molecular complexity index is 716. The smallest absolute Gasteiger partial charge is 0.278 e. The van der Waals surface area contributed by atoms with Crippen LogP contribution in [0.4, 0.5) is 5.69 Å². The van der Waals surface area contributed by atoms with Crippen molar-refractivity contribution in [2.75, 3.05) is 0 Å². The number of benzene rings is 1. The average molecular weight is 257 g/mol. The molecule has 2 aromatic rings. The van der Waals surface area contributed by atoms with Gasteiger partial charge in [0.25, 0.3) is 5.69 Å². The zero-order valence-electron chi connectivity index (χ0n) is 9.08. The van der Waals surface area contributed by atoms with E-state index in [9.17, 15) is 10.1 Å². The van der Waals surface area contributed by atoms with Crippen molar-refractivity contribution in [1.29, 1.82) is 5.26 Å². The second-order valence-corrected chi connectivity index (χ2v) is 3.91. The lowest BCUT2D eigenvalue weighted by Gasteiger charge is -2.03. The van der Waals surface area contributed by atoms with E-state index in [0.717, 1.165) is 0 Å². The van der Waals surface area contributed by atoms with Gasteiger partial charge >= 0.3 is 0 Å². The highest BCUT2D eigenvalue weighted by molar-refractivity contribution is 7.71. The maximum atomic E-state index is 10.9. The Kier molecular flexibility index (Phi) is 3.17. The van der Waals surface area contributed by atoms with Gasteiger partial charge < -0.3 is 4.98 Å². The second-order valence-electron chi connectivity index (χ2n) is 3.50.